The van der Waals surface area contributed by atoms with Gasteiger partial charge in [0.25, 0.3) is 0 Å². The Morgan fingerprint density at radius 3 is 1.75 bits per heavy atom. The van der Waals surface area contributed by atoms with Crippen molar-refractivity contribution in [2.24, 2.45) is 0 Å². The number of rotatable bonds is 14. The summed E-state index contributed by atoms with van der Waals surface area (Å²) in [6.07, 6.45) is 14.1. The van der Waals surface area contributed by atoms with E-state index in [0.717, 1.165) is 4.48 Å². The van der Waals surface area contributed by atoms with E-state index in [1.54, 1.807) is 0 Å². The topological polar surface area (TPSA) is 30.0 Å². The lowest BCUT2D eigenvalue weighted by atomic mass is 10.0. The number of quaternary nitrogens is 1. The van der Waals surface area contributed by atoms with Crippen molar-refractivity contribution in [2.45, 2.75) is 85.0 Å². The Bertz CT molecular complexity index is 642. The van der Waals surface area contributed by atoms with Crippen LogP contribution in [-0.4, -0.2) is 25.1 Å². The van der Waals surface area contributed by atoms with Crippen LogP contribution in [0.4, 0.5) is 5.69 Å². The monoisotopic (exact) mass is 385 g/mol. The van der Waals surface area contributed by atoms with Gasteiger partial charge in [-0.05, 0) is 44.2 Å². The summed E-state index contributed by atoms with van der Waals surface area (Å²) in [4.78, 5) is 0. The molecule has 2 aromatic carbocycles. The number of nitrogens with zero attached hydrogens (tertiary/aromatic N) is 1. The average molecular weight is 386 g/mol. The number of unbranched alkanes of at least 4 members (excludes halogenated alkanes) is 9. The summed E-state index contributed by atoms with van der Waals surface area (Å²) < 4.78 is 1.12. The summed E-state index contributed by atoms with van der Waals surface area (Å²) in [5.41, 5.74) is 1.52. The molecule has 0 saturated heterocycles. The highest BCUT2D eigenvalue weighted by Gasteiger charge is 2.27. The van der Waals surface area contributed by atoms with Crippen molar-refractivity contribution in [3.8, 4) is 0 Å². The first-order valence-electron chi connectivity index (χ1n) is 11.6. The Balaban J connectivity index is 0.00000392. The third kappa shape index (κ3) is 6.90. The van der Waals surface area contributed by atoms with E-state index >= 15 is 0 Å². The summed E-state index contributed by atoms with van der Waals surface area (Å²) in [5.74, 6) is 0. The van der Waals surface area contributed by atoms with Gasteiger partial charge < -0.3 is 5.48 Å². The van der Waals surface area contributed by atoms with Gasteiger partial charge in [-0.1, -0.05) is 88.6 Å². The van der Waals surface area contributed by atoms with Crippen LogP contribution in [0.15, 0.2) is 42.5 Å². The van der Waals surface area contributed by atoms with Gasteiger partial charge in [0.2, 0.25) is 0 Å². The molecule has 2 rings (SSSR count). The van der Waals surface area contributed by atoms with E-state index in [1.165, 1.54) is 100 Å². The lowest BCUT2D eigenvalue weighted by Crippen LogP contribution is -2.49. The molecule has 0 heterocycles. The fraction of sp³-hybridized carbons (Fsp3) is 0.615. The van der Waals surface area contributed by atoms with Crippen LogP contribution in [0.3, 0.4) is 0 Å². The van der Waals surface area contributed by atoms with Crippen molar-refractivity contribution < 1.29 is 5.48 Å². The van der Waals surface area contributed by atoms with E-state index in [4.69, 9.17) is 0 Å². The third-order valence-corrected chi connectivity index (χ3v) is 6.43. The van der Waals surface area contributed by atoms with Crippen molar-refractivity contribution in [2.75, 3.05) is 19.6 Å². The van der Waals surface area contributed by atoms with Crippen LogP contribution in [0.2, 0.25) is 0 Å². The molecule has 1 N–H and O–H groups in total. The van der Waals surface area contributed by atoms with E-state index < -0.39 is 0 Å². The van der Waals surface area contributed by atoms with Crippen LogP contribution in [0, 0.1) is 0 Å². The predicted octanol–water partition coefficient (Wildman–Crippen LogP) is 7.93. The molecule has 2 aromatic rings. The highest BCUT2D eigenvalue weighted by Crippen LogP contribution is 2.32. The molecular weight excluding hydrogens is 342 g/mol. The number of fused-ring (bicyclic) bond motifs is 1. The second kappa shape index (κ2) is 13.7. The van der Waals surface area contributed by atoms with E-state index in [-0.39, 0.29) is 5.48 Å². The molecule has 0 fully saturated rings. The zero-order chi connectivity index (χ0) is 19.4. The van der Waals surface area contributed by atoms with Crippen LogP contribution in [0.25, 0.3) is 10.8 Å². The van der Waals surface area contributed by atoms with Crippen molar-refractivity contribution in [3.05, 3.63) is 42.5 Å². The first-order chi connectivity index (χ1) is 13.3. The van der Waals surface area contributed by atoms with E-state index in [2.05, 4.69) is 63.2 Å². The summed E-state index contributed by atoms with van der Waals surface area (Å²) in [6, 6.07) is 15.8. The van der Waals surface area contributed by atoms with Gasteiger partial charge in [-0.3, -0.25) is 4.48 Å². The van der Waals surface area contributed by atoms with Crippen LogP contribution < -0.4 is 4.48 Å². The fourth-order valence-electron chi connectivity index (χ4n) is 4.52. The van der Waals surface area contributed by atoms with E-state index in [9.17, 15) is 0 Å². The minimum Gasteiger partial charge on any atom is -0.870 e. The van der Waals surface area contributed by atoms with Crippen LogP contribution >= 0.6 is 0 Å². The molecule has 0 radical (unpaired) electrons. The summed E-state index contributed by atoms with van der Waals surface area (Å²) in [5, 5.41) is 2.82. The zero-order valence-electron chi connectivity index (χ0n) is 18.6. The molecule has 0 aromatic heterocycles. The molecule has 28 heavy (non-hydrogen) atoms. The summed E-state index contributed by atoms with van der Waals surface area (Å²) in [6.45, 7) is 10.7. The summed E-state index contributed by atoms with van der Waals surface area (Å²) in [7, 11) is 0. The van der Waals surface area contributed by atoms with Gasteiger partial charge in [0.15, 0.2) is 0 Å². The molecule has 0 aliphatic carbocycles. The summed E-state index contributed by atoms with van der Waals surface area (Å²) >= 11 is 0. The first kappa shape index (κ1) is 24.7. The second-order valence-corrected chi connectivity index (χ2v) is 8.18. The van der Waals surface area contributed by atoms with Crippen molar-refractivity contribution in [1.29, 1.82) is 0 Å². The standard InChI is InChI=1S/C26H42N.H2O/c1-4-7-8-9-10-11-12-13-14-17-23-27(5-2,6-3)26-22-18-20-24-19-15-16-21-25(24)26;/h15-16,18-22H,4-14,17,23H2,1-3H3;1H2/q+1;/p-1. The average Bonchev–Trinajstić information content (AvgIpc) is 2.72. The van der Waals surface area contributed by atoms with Crippen molar-refractivity contribution in [1.82, 2.24) is 4.48 Å². The van der Waals surface area contributed by atoms with E-state index in [0.29, 0.717) is 0 Å². The highest BCUT2D eigenvalue weighted by atomic mass is 16.0. The maximum absolute atomic E-state index is 2.37. The lowest BCUT2D eigenvalue weighted by molar-refractivity contribution is 0.294. The second-order valence-electron chi connectivity index (χ2n) is 8.18. The highest BCUT2D eigenvalue weighted by molar-refractivity contribution is 5.93. The molecule has 0 amide bonds. The number of benzene rings is 2. The minimum atomic E-state index is 0. The predicted molar refractivity (Wildman–Crippen MR) is 125 cm³/mol. The molecule has 0 bridgehead atoms. The van der Waals surface area contributed by atoms with Gasteiger partial charge in [0.05, 0.1) is 19.6 Å². The molecular formula is C26H43NO. The molecule has 0 aliphatic heterocycles. The van der Waals surface area contributed by atoms with Crippen LogP contribution in [0.1, 0.15) is 85.0 Å². The van der Waals surface area contributed by atoms with Crippen LogP contribution in [0.5, 0.6) is 0 Å². The van der Waals surface area contributed by atoms with Gasteiger partial charge in [0, 0.05) is 5.39 Å². The van der Waals surface area contributed by atoms with Gasteiger partial charge in [-0.2, -0.15) is 0 Å². The fourth-order valence-corrected chi connectivity index (χ4v) is 4.52. The molecule has 2 nitrogen and oxygen atoms in total. The Morgan fingerprint density at radius 2 is 1.14 bits per heavy atom. The normalized spacial score (nSPS) is 11.5. The molecule has 0 aliphatic rings. The van der Waals surface area contributed by atoms with Gasteiger partial charge in [0.1, 0.15) is 5.69 Å². The maximum atomic E-state index is 2.37. The van der Waals surface area contributed by atoms with Crippen molar-refractivity contribution in [3.63, 3.8) is 0 Å². The van der Waals surface area contributed by atoms with Crippen LogP contribution in [-0.2, 0) is 0 Å². The zero-order valence-corrected chi connectivity index (χ0v) is 18.6. The maximum Gasteiger partial charge on any atom is 0.140 e. The Hall–Kier alpha value is -1.38. The van der Waals surface area contributed by atoms with Gasteiger partial charge in [-0.15, -0.1) is 0 Å². The smallest absolute Gasteiger partial charge is 0.140 e. The molecule has 158 valence electrons. The van der Waals surface area contributed by atoms with Gasteiger partial charge >= 0.3 is 0 Å². The first-order valence-corrected chi connectivity index (χ1v) is 11.6. The number of hydrogen-bond donors (Lipinski definition) is 0. The third-order valence-electron chi connectivity index (χ3n) is 6.43. The largest absolute Gasteiger partial charge is 0.870 e. The molecule has 0 saturated carbocycles. The Kier molecular flexibility index (Phi) is 12.1. The van der Waals surface area contributed by atoms with Gasteiger partial charge in [-0.25, -0.2) is 0 Å². The Morgan fingerprint density at radius 1 is 0.607 bits per heavy atom. The van der Waals surface area contributed by atoms with Crippen molar-refractivity contribution >= 4 is 16.5 Å². The molecule has 0 unspecified atom stereocenters. The number of hydrogen-bond acceptors (Lipinski definition) is 1. The quantitative estimate of drug-likeness (QED) is 0.240. The Labute approximate surface area is 173 Å². The molecule has 2 heteroatoms. The molecule has 0 spiro atoms. The molecule has 0 atom stereocenters. The van der Waals surface area contributed by atoms with E-state index in [1.807, 2.05) is 0 Å². The SMILES string of the molecule is CCCCCCCCCCCC[N+](CC)(CC)c1cccc2ccccc12.[OH-]. The minimum absolute atomic E-state index is 0. The lowest BCUT2D eigenvalue weighted by Gasteiger charge is -2.37.